The Kier molecular flexibility index (Phi) is 2.82. The Labute approximate surface area is 94.0 Å². The molecule has 1 amide bonds. The second-order valence-corrected chi connectivity index (χ2v) is 3.97. The van der Waals surface area contributed by atoms with Gasteiger partial charge < -0.3 is 15.4 Å². The van der Waals surface area contributed by atoms with Gasteiger partial charge in [-0.1, -0.05) is 0 Å². The average molecular weight is 224 g/mol. The molecule has 1 aromatic heterocycles. The van der Waals surface area contributed by atoms with E-state index in [0.717, 1.165) is 6.42 Å². The van der Waals surface area contributed by atoms with Crippen molar-refractivity contribution in [3.63, 3.8) is 0 Å². The van der Waals surface area contributed by atoms with Gasteiger partial charge in [-0.25, -0.2) is 0 Å². The first-order valence-electron chi connectivity index (χ1n) is 5.23. The molecule has 6 nitrogen and oxygen atoms in total. The second kappa shape index (κ2) is 4.13. The molecule has 1 aliphatic heterocycles. The molecule has 1 saturated heterocycles. The van der Waals surface area contributed by atoms with E-state index >= 15 is 0 Å². The number of amides is 1. The van der Waals surface area contributed by atoms with E-state index in [-0.39, 0.29) is 12.0 Å². The summed E-state index contributed by atoms with van der Waals surface area (Å²) in [5, 5.41) is 3.96. The standard InChI is InChI=1S/C10H16N4O2/c1-13-9(8(11)5-12-13)10(15)14-4-3-7(6-14)16-2/h5,7H,3-4,6,11H2,1-2H3. The maximum Gasteiger partial charge on any atom is 0.274 e. The highest BCUT2D eigenvalue weighted by Gasteiger charge is 2.29. The topological polar surface area (TPSA) is 73.4 Å². The number of likely N-dealkylation sites (tertiary alicyclic amines) is 1. The monoisotopic (exact) mass is 224 g/mol. The third kappa shape index (κ3) is 1.76. The van der Waals surface area contributed by atoms with Crippen molar-refractivity contribution in [3.05, 3.63) is 11.9 Å². The van der Waals surface area contributed by atoms with Crippen LogP contribution in [0.2, 0.25) is 0 Å². The van der Waals surface area contributed by atoms with Crippen LogP contribution in [-0.4, -0.2) is 46.9 Å². The summed E-state index contributed by atoms with van der Waals surface area (Å²) in [6.07, 6.45) is 2.51. The zero-order valence-electron chi connectivity index (χ0n) is 9.51. The van der Waals surface area contributed by atoms with E-state index in [0.29, 0.717) is 24.5 Å². The Morgan fingerprint density at radius 3 is 2.94 bits per heavy atom. The lowest BCUT2D eigenvalue weighted by Gasteiger charge is -2.16. The number of rotatable bonds is 2. The SMILES string of the molecule is COC1CCN(C(=O)c2c(N)cnn2C)C1. The van der Waals surface area contributed by atoms with Crippen molar-refractivity contribution in [2.24, 2.45) is 7.05 Å². The third-order valence-electron chi connectivity index (χ3n) is 2.94. The van der Waals surface area contributed by atoms with Crippen LogP contribution >= 0.6 is 0 Å². The first-order chi connectivity index (χ1) is 7.63. The minimum Gasteiger partial charge on any atom is -0.396 e. The number of methoxy groups -OCH3 is 1. The highest BCUT2D eigenvalue weighted by atomic mass is 16.5. The van der Waals surface area contributed by atoms with E-state index in [2.05, 4.69) is 5.10 Å². The van der Waals surface area contributed by atoms with Crippen LogP contribution in [0.3, 0.4) is 0 Å². The van der Waals surface area contributed by atoms with Gasteiger partial charge in [-0.3, -0.25) is 9.48 Å². The Bertz CT molecular complexity index is 382. The summed E-state index contributed by atoms with van der Waals surface area (Å²) >= 11 is 0. The number of nitrogens with two attached hydrogens (primary N) is 1. The molecular formula is C10H16N4O2. The summed E-state index contributed by atoms with van der Waals surface area (Å²) in [6.45, 7) is 1.34. The first kappa shape index (κ1) is 10.9. The van der Waals surface area contributed by atoms with Crippen molar-refractivity contribution < 1.29 is 9.53 Å². The molecule has 1 aromatic rings. The number of nitrogens with zero attached hydrogens (tertiary/aromatic N) is 3. The first-order valence-corrected chi connectivity index (χ1v) is 5.23. The average Bonchev–Trinajstić information content (AvgIpc) is 2.85. The van der Waals surface area contributed by atoms with Crippen molar-refractivity contribution in [2.75, 3.05) is 25.9 Å². The summed E-state index contributed by atoms with van der Waals surface area (Å²) in [6, 6.07) is 0. The Morgan fingerprint density at radius 1 is 1.69 bits per heavy atom. The van der Waals surface area contributed by atoms with Gasteiger partial charge in [0.1, 0.15) is 5.69 Å². The summed E-state index contributed by atoms with van der Waals surface area (Å²) in [5.41, 5.74) is 6.59. The van der Waals surface area contributed by atoms with Crippen molar-refractivity contribution in [3.8, 4) is 0 Å². The molecular weight excluding hydrogens is 208 g/mol. The molecule has 2 rings (SSSR count). The fraction of sp³-hybridized carbons (Fsp3) is 0.600. The molecule has 0 aromatic carbocycles. The van der Waals surface area contributed by atoms with Crippen LogP contribution in [0, 0.1) is 0 Å². The fourth-order valence-corrected chi connectivity index (χ4v) is 1.97. The molecule has 1 aliphatic rings. The Hall–Kier alpha value is -1.56. The van der Waals surface area contributed by atoms with E-state index < -0.39 is 0 Å². The van der Waals surface area contributed by atoms with Gasteiger partial charge in [0.2, 0.25) is 0 Å². The molecule has 0 saturated carbocycles. The van der Waals surface area contributed by atoms with Gasteiger partial charge in [-0.05, 0) is 6.42 Å². The summed E-state index contributed by atoms with van der Waals surface area (Å²) in [5.74, 6) is -0.0722. The predicted octanol–water partition coefficient (Wildman–Crippen LogP) is -0.137. The molecule has 1 fully saturated rings. The lowest BCUT2D eigenvalue weighted by atomic mass is 10.3. The van der Waals surface area contributed by atoms with Gasteiger partial charge in [0.15, 0.2) is 0 Å². The largest absolute Gasteiger partial charge is 0.396 e. The molecule has 0 aliphatic carbocycles. The molecule has 0 spiro atoms. The van der Waals surface area contributed by atoms with Crippen LogP contribution in [0.4, 0.5) is 5.69 Å². The number of aryl methyl sites for hydroxylation is 1. The van der Waals surface area contributed by atoms with Crippen LogP contribution in [0.25, 0.3) is 0 Å². The van der Waals surface area contributed by atoms with Crippen molar-refractivity contribution in [1.82, 2.24) is 14.7 Å². The van der Waals surface area contributed by atoms with E-state index in [9.17, 15) is 4.79 Å². The molecule has 16 heavy (non-hydrogen) atoms. The third-order valence-corrected chi connectivity index (χ3v) is 2.94. The lowest BCUT2D eigenvalue weighted by Crippen LogP contribution is -2.31. The van der Waals surface area contributed by atoms with Crippen LogP contribution in [-0.2, 0) is 11.8 Å². The quantitative estimate of drug-likeness (QED) is 0.759. The van der Waals surface area contributed by atoms with Crippen LogP contribution in [0.15, 0.2) is 6.20 Å². The number of aromatic nitrogens is 2. The number of carbonyl (C=O) groups excluding carboxylic acids is 1. The molecule has 1 atom stereocenters. The predicted molar refractivity (Wildman–Crippen MR) is 58.9 cm³/mol. The molecule has 0 bridgehead atoms. The van der Waals surface area contributed by atoms with Crippen LogP contribution < -0.4 is 5.73 Å². The number of carbonyl (C=O) groups is 1. The molecule has 88 valence electrons. The second-order valence-electron chi connectivity index (χ2n) is 3.97. The zero-order chi connectivity index (χ0) is 11.7. The highest BCUT2D eigenvalue weighted by Crippen LogP contribution is 2.18. The normalized spacial score (nSPS) is 20.4. The Balaban J connectivity index is 2.15. The number of ether oxygens (including phenoxy) is 1. The van der Waals surface area contributed by atoms with Gasteiger partial charge >= 0.3 is 0 Å². The summed E-state index contributed by atoms with van der Waals surface area (Å²) < 4.78 is 6.73. The molecule has 2 N–H and O–H groups in total. The molecule has 6 heteroatoms. The number of hydrogen-bond acceptors (Lipinski definition) is 4. The minimum atomic E-state index is -0.0722. The van der Waals surface area contributed by atoms with Gasteiger partial charge in [-0.2, -0.15) is 5.10 Å². The molecule has 0 radical (unpaired) electrons. The van der Waals surface area contributed by atoms with E-state index in [1.807, 2.05) is 0 Å². The van der Waals surface area contributed by atoms with E-state index in [4.69, 9.17) is 10.5 Å². The van der Waals surface area contributed by atoms with Crippen LogP contribution in [0.1, 0.15) is 16.9 Å². The minimum absolute atomic E-state index is 0.0722. The number of anilines is 1. The maximum absolute atomic E-state index is 12.1. The fourth-order valence-electron chi connectivity index (χ4n) is 1.97. The lowest BCUT2D eigenvalue weighted by molar-refractivity contribution is 0.0715. The molecule has 2 heterocycles. The van der Waals surface area contributed by atoms with Gasteiger partial charge in [0.05, 0.1) is 18.0 Å². The van der Waals surface area contributed by atoms with Gasteiger partial charge in [0, 0.05) is 27.2 Å². The number of nitrogen functional groups attached to an aromatic ring is 1. The smallest absolute Gasteiger partial charge is 0.274 e. The van der Waals surface area contributed by atoms with Crippen molar-refractivity contribution in [1.29, 1.82) is 0 Å². The maximum atomic E-state index is 12.1. The van der Waals surface area contributed by atoms with Crippen molar-refractivity contribution >= 4 is 11.6 Å². The van der Waals surface area contributed by atoms with Crippen LogP contribution in [0.5, 0.6) is 0 Å². The van der Waals surface area contributed by atoms with Gasteiger partial charge in [-0.15, -0.1) is 0 Å². The summed E-state index contributed by atoms with van der Waals surface area (Å²) in [4.78, 5) is 13.9. The number of hydrogen-bond donors (Lipinski definition) is 1. The zero-order valence-corrected chi connectivity index (χ0v) is 9.51. The van der Waals surface area contributed by atoms with Crippen molar-refractivity contribution in [2.45, 2.75) is 12.5 Å². The Morgan fingerprint density at radius 2 is 2.44 bits per heavy atom. The summed E-state index contributed by atoms with van der Waals surface area (Å²) in [7, 11) is 3.38. The molecule has 1 unspecified atom stereocenters. The van der Waals surface area contributed by atoms with Gasteiger partial charge in [0.25, 0.3) is 5.91 Å². The highest BCUT2D eigenvalue weighted by molar-refractivity contribution is 5.97. The van der Waals surface area contributed by atoms with E-state index in [1.165, 1.54) is 10.9 Å². The van der Waals surface area contributed by atoms with E-state index in [1.54, 1.807) is 19.1 Å².